The largest absolute Gasteiger partial charge is 0.497 e. The molecule has 4 rings (SSSR count). The molecule has 1 aliphatic heterocycles. The molecule has 2 aromatic carbocycles. The number of hydrogen-bond acceptors (Lipinski definition) is 4. The Balaban J connectivity index is 1.79. The molecule has 0 radical (unpaired) electrons. The third-order valence-corrected chi connectivity index (χ3v) is 6.15. The fraction of sp³-hybridized carbons (Fsp3) is 0.286. The minimum absolute atomic E-state index is 0.193. The van der Waals surface area contributed by atoms with Gasteiger partial charge in [-0.15, -0.1) is 0 Å². The van der Waals surface area contributed by atoms with Gasteiger partial charge in [0.05, 0.1) is 18.3 Å². The predicted octanol–water partition coefficient (Wildman–Crippen LogP) is 5.10. The quantitative estimate of drug-likeness (QED) is 0.401. The molecule has 0 saturated carbocycles. The predicted molar refractivity (Wildman–Crippen MR) is 113 cm³/mol. The van der Waals surface area contributed by atoms with Gasteiger partial charge in [0, 0.05) is 65.0 Å². The van der Waals surface area contributed by atoms with Gasteiger partial charge in [0.25, 0.3) is 0 Å². The Hall–Kier alpha value is -1.86. The van der Waals surface area contributed by atoms with Gasteiger partial charge in [0.1, 0.15) is 17.6 Å². The molecular weight excluding hydrogens is 439 g/mol. The van der Waals surface area contributed by atoms with Gasteiger partial charge in [-0.2, -0.15) is 0 Å². The summed E-state index contributed by atoms with van der Waals surface area (Å²) in [5.41, 5.74) is 2.88. The van der Waals surface area contributed by atoms with Crippen molar-refractivity contribution in [3.05, 3.63) is 54.6 Å². The van der Waals surface area contributed by atoms with Gasteiger partial charge in [0.2, 0.25) is 0 Å². The second-order valence-corrected chi connectivity index (χ2v) is 7.90. The van der Waals surface area contributed by atoms with E-state index in [0.29, 0.717) is 6.04 Å². The van der Waals surface area contributed by atoms with Crippen LogP contribution in [-0.2, 0) is 0 Å². The lowest BCUT2D eigenvalue weighted by molar-refractivity contribution is 0.220. The van der Waals surface area contributed by atoms with E-state index in [2.05, 4.69) is 51.1 Å². The van der Waals surface area contributed by atoms with Gasteiger partial charge in [-0.1, -0.05) is 30.3 Å². The molecule has 1 aromatic heterocycles. The van der Waals surface area contributed by atoms with Gasteiger partial charge in [0.15, 0.2) is 0 Å². The van der Waals surface area contributed by atoms with E-state index in [1.54, 1.807) is 7.11 Å². The summed E-state index contributed by atoms with van der Waals surface area (Å²) in [5.74, 6) is 1.69. The normalized spacial score (nSPS) is 20.4. The summed E-state index contributed by atoms with van der Waals surface area (Å²) < 4.78 is 14.1. The number of methoxy groups -OCH3 is 1. The zero-order valence-corrected chi connectivity index (χ0v) is 17.0. The topological polar surface area (TPSA) is 34.6 Å². The number of benzene rings is 2. The molecule has 2 heterocycles. The summed E-state index contributed by atoms with van der Waals surface area (Å²) in [7, 11) is 1.68. The van der Waals surface area contributed by atoms with Crippen LogP contribution in [0.3, 0.4) is 0 Å². The summed E-state index contributed by atoms with van der Waals surface area (Å²) in [5, 5.41) is 1.02. The summed E-state index contributed by atoms with van der Waals surface area (Å²) >= 11 is 2.38. The maximum absolute atomic E-state index is 6.44. The standard InChI is InChI=1S/C21H21IN2O2/c1-14-10-17(13-24(14)22)26-21-12-19(15-6-4-3-5-7-15)23-20-11-16(25-2)8-9-18(20)21/h3-9,11-12,14,17H,10,13H2,1-2H3. The maximum Gasteiger partial charge on any atom is 0.131 e. The summed E-state index contributed by atoms with van der Waals surface area (Å²) in [6.07, 6.45) is 1.22. The fourth-order valence-electron chi connectivity index (χ4n) is 3.37. The van der Waals surface area contributed by atoms with Gasteiger partial charge in [-0.3, -0.25) is 0 Å². The van der Waals surface area contributed by atoms with Crippen molar-refractivity contribution < 1.29 is 9.47 Å². The molecule has 0 N–H and O–H groups in total. The lowest BCUT2D eigenvalue weighted by Crippen LogP contribution is -2.19. The molecule has 4 nitrogen and oxygen atoms in total. The van der Waals surface area contributed by atoms with Crippen LogP contribution in [0.15, 0.2) is 54.6 Å². The van der Waals surface area contributed by atoms with Crippen molar-refractivity contribution >= 4 is 33.8 Å². The van der Waals surface area contributed by atoms with E-state index in [0.717, 1.165) is 46.6 Å². The van der Waals surface area contributed by atoms with E-state index >= 15 is 0 Å². The van der Waals surface area contributed by atoms with Crippen LogP contribution in [0.4, 0.5) is 0 Å². The first-order chi connectivity index (χ1) is 12.6. The molecule has 5 heteroatoms. The Morgan fingerprint density at radius 2 is 1.92 bits per heavy atom. The number of rotatable bonds is 4. The van der Waals surface area contributed by atoms with Crippen LogP contribution in [0.1, 0.15) is 13.3 Å². The second-order valence-electron chi connectivity index (χ2n) is 6.66. The van der Waals surface area contributed by atoms with E-state index in [-0.39, 0.29) is 6.10 Å². The Morgan fingerprint density at radius 3 is 2.62 bits per heavy atom. The average Bonchev–Trinajstić information content (AvgIpc) is 2.99. The highest BCUT2D eigenvalue weighted by Crippen LogP contribution is 2.34. The fourth-order valence-corrected chi connectivity index (χ4v) is 4.03. The highest BCUT2D eigenvalue weighted by molar-refractivity contribution is 14.1. The van der Waals surface area contributed by atoms with Crippen molar-refractivity contribution in [1.82, 2.24) is 8.10 Å². The zero-order chi connectivity index (χ0) is 18.1. The van der Waals surface area contributed by atoms with Crippen molar-refractivity contribution in [1.29, 1.82) is 0 Å². The molecule has 0 bridgehead atoms. The van der Waals surface area contributed by atoms with Crippen molar-refractivity contribution in [2.75, 3.05) is 13.7 Å². The summed E-state index contributed by atoms with van der Waals surface area (Å²) in [4.78, 5) is 4.85. The molecule has 3 aromatic rings. The Morgan fingerprint density at radius 1 is 1.12 bits per heavy atom. The van der Waals surface area contributed by atoms with E-state index < -0.39 is 0 Å². The number of ether oxygens (including phenoxy) is 2. The van der Waals surface area contributed by atoms with E-state index in [9.17, 15) is 0 Å². The van der Waals surface area contributed by atoms with Crippen molar-refractivity contribution in [3.63, 3.8) is 0 Å². The van der Waals surface area contributed by atoms with Crippen molar-refractivity contribution in [2.24, 2.45) is 0 Å². The van der Waals surface area contributed by atoms with Crippen LogP contribution >= 0.6 is 22.9 Å². The van der Waals surface area contributed by atoms with Crippen molar-refractivity contribution in [2.45, 2.75) is 25.5 Å². The van der Waals surface area contributed by atoms with E-state index in [4.69, 9.17) is 14.5 Å². The molecule has 0 spiro atoms. The van der Waals surface area contributed by atoms with Gasteiger partial charge >= 0.3 is 0 Å². The first-order valence-corrected chi connectivity index (χ1v) is 9.74. The molecule has 1 aliphatic rings. The van der Waals surface area contributed by atoms with Gasteiger partial charge < -0.3 is 9.47 Å². The van der Waals surface area contributed by atoms with Crippen LogP contribution in [0.2, 0.25) is 0 Å². The number of fused-ring (bicyclic) bond motifs is 1. The van der Waals surface area contributed by atoms with Crippen LogP contribution in [0.25, 0.3) is 22.2 Å². The second kappa shape index (κ2) is 7.40. The van der Waals surface area contributed by atoms with E-state index in [1.165, 1.54) is 0 Å². The molecule has 2 unspecified atom stereocenters. The SMILES string of the molecule is COc1ccc2c(OC3CC(C)N(I)C3)cc(-c3ccccc3)nc2c1. The minimum Gasteiger partial charge on any atom is -0.497 e. The average molecular weight is 460 g/mol. The smallest absolute Gasteiger partial charge is 0.131 e. The Labute approximate surface area is 167 Å². The Kier molecular flexibility index (Phi) is 5.00. The van der Waals surface area contributed by atoms with Gasteiger partial charge in [-0.25, -0.2) is 8.10 Å². The molecule has 1 fully saturated rings. The molecule has 26 heavy (non-hydrogen) atoms. The van der Waals surface area contributed by atoms with E-state index in [1.807, 2.05) is 36.4 Å². The molecule has 0 aliphatic carbocycles. The molecular formula is C21H21IN2O2. The van der Waals surface area contributed by atoms with Crippen LogP contribution in [0, 0.1) is 0 Å². The van der Waals surface area contributed by atoms with Crippen molar-refractivity contribution in [3.8, 4) is 22.8 Å². The molecule has 1 saturated heterocycles. The van der Waals surface area contributed by atoms with Crippen LogP contribution in [-0.4, -0.2) is 33.9 Å². The number of halogens is 1. The van der Waals surface area contributed by atoms with Gasteiger partial charge in [-0.05, 0) is 19.1 Å². The molecule has 134 valence electrons. The highest BCUT2D eigenvalue weighted by Gasteiger charge is 2.29. The Bertz CT molecular complexity index is 907. The lowest BCUT2D eigenvalue weighted by atomic mass is 10.1. The first kappa shape index (κ1) is 17.5. The third-order valence-electron chi connectivity index (χ3n) is 4.80. The minimum atomic E-state index is 0.193. The van der Waals surface area contributed by atoms with Crippen LogP contribution in [0.5, 0.6) is 11.5 Å². The lowest BCUT2D eigenvalue weighted by Gasteiger charge is -2.16. The zero-order valence-electron chi connectivity index (χ0n) is 14.9. The maximum atomic E-state index is 6.44. The number of nitrogens with zero attached hydrogens (tertiary/aromatic N) is 2. The first-order valence-electron chi connectivity index (χ1n) is 8.77. The molecule has 2 atom stereocenters. The summed E-state index contributed by atoms with van der Waals surface area (Å²) in [6, 6.07) is 18.8. The number of pyridine rings is 1. The molecule has 0 amide bonds. The number of hydrogen-bond donors (Lipinski definition) is 0. The number of aromatic nitrogens is 1. The monoisotopic (exact) mass is 460 g/mol. The highest BCUT2D eigenvalue weighted by atomic mass is 127. The van der Waals surface area contributed by atoms with Crippen LogP contribution < -0.4 is 9.47 Å². The third kappa shape index (κ3) is 3.50. The summed E-state index contributed by atoms with van der Waals surface area (Å²) in [6.45, 7) is 3.17.